The molecule has 0 radical (unpaired) electrons. The lowest BCUT2D eigenvalue weighted by Gasteiger charge is -2.04. The molecule has 2 aromatic rings. The highest BCUT2D eigenvalue weighted by atomic mass is 32.1. The molecule has 0 bridgehead atoms. The number of ether oxygens (including phenoxy) is 1. The average Bonchev–Trinajstić information content (AvgIpc) is 3.07. The van der Waals surface area contributed by atoms with Crippen LogP contribution in [0.2, 0.25) is 0 Å². The van der Waals surface area contributed by atoms with Crippen molar-refractivity contribution >= 4 is 27.3 Å². The van der Waals surface area contributed by atoms with Crippen LogP contribution in [0.4, 0.5) is 4.39 Å². The van der Waals surface area contributed by atoms with Gasteiger partial charge in [-0.2, -0.15) is 0 Å². The van der Waals surface area contributed by atoms with Gasteiger partial charge in [0.05, 0.1) is 12.5 Å². The third-order valence-corrected chi connectivity index (χ3v) is 4.08. The topological polar surface area (TPSA) is 38.3 Å². The smallest absolute Gasteiger partial charge is 0.265 e. The van der Waals surface area contributed by atoms with E-state index in [4.69, 9.17) is 4.74 Å². The highest BCUT2D eigenvalue weighted by Gasteiger charge is 2.27. The zero-order valence-electron chi connectivity index (χ0n) is 9.83. The molecule has 1 N–H and O–H groups in total. The van der Waals surface area contributed by atoms with Gasteiger partial charge in [0.1, 0.15) is 10.7 Å². The standard InChI is InChI=1S/C13H12FNO2S/c1-17-11-10-8(14)3-2-4-9(10)18-12(11)13(16)15-7-5-6-7/h2-4,7H,5-6H2,1H3,(H,15,16). The highest BCUT2D eigenvalue weighted by molar-refractivity contribution is 7.21. The van der Waals surface area contributed by atoms with E-state index in [2.05, 4.69) is 5.32 Å². The molecular formula is C13H12FNO2S. The maximum absolute atomic E-state index is 13.8. The quantitative estimate of drug-likeness (QED) is 0.926. The van der Waals surface area contributed by atoms with Crippen LogP contribution in [0.5, 0.6) is 5.75 Å². The van der Waals surface area contributed by atoms with Crippen LogP contribution in [0.3, 0.4) is 0 Å². The van der Waals surface area contributed by atoms with E-state index in [1.807, 2.05) is 0 Å². The normalized spacial score (nSPS) is 14.8. The Kier molecular flexibility index (Phi) is 2.70. The van der Waals surface area contributed by atoms with Crippen LogP contribution in [0.1, 0.15) is 22.5 Å². The van der Waals surface area contributed by atoms with Gasteiger partial charge in [-0.25, -0.2) is 4.39 Å². The molecule has 0 atom stereocenters. The molecule has 3 rings (SSSR count). The van der Waals surface area contributed by atoms with E-state index in [0.29, 0.717) is 16.0 Å². The minimum Gasteiger partial charge on any atom is -0.494 e. The number of fused-ring (bicyclic) bond motifs is 1. The first-order valence-electron chi connectivity index (χ1n) is 5.76. The van der Waals surface area contributed by atoms with Gasteiger partial charge in [-0.15, -0.1) is 11.3 Å². The van der Waals surface area contributed by atoms with Gasteiger partial charge in [0.25, 0.3) is 5.91 Å². The van der Waals surface area contributed by atoms with Gasteiger partial charge in [0, 0.05) is 10.7 Å². The Balaban J connectivity index is 2.10. The fourth-order valence-electron chi connectivity index (χ4n) is 1.90. The van der Waals surface area contributed by atoms with E-state index in [0.717, 1.165) is 17.5 Å². The van der Waals surface area contributed by atoms with E-state index in [-0.39, 0.29) is 17.8 Å². The van der Waals surface area contributed by atoms with Crippen molar-refractivity contribution in [3.8, 4) is 5.75 Å². The molecule has 1 aromatic heterocycles. The molecule has 1 aliphatic rings. The lowest BCUT2D eigenvalue weighted by molar-refractivity contribution is 0.0952. The molecule has 0 saturated heterocycles. The summed E-state index contributed by atoms with van der Waals surface area (Å²) in [5.41, 5.74) is 0. The van der Waals surface area contributed by atoms with Crippen molar-refractivity contribution in [3.63, 3.8) is 0 Å². The Bertz CT molecular complexity index is 619. The van der Waals surface area contributed by atoms with E-state index < -0.39 is 0 Å². The Labute approximate surface area is 108 Å². The number of rotatable bonds is 3. The molecule has 1 saturated carbocycles. The second kappa shape index (κ2) is 4.24. The third kappa shape index (κ3) is 1.84. The number of hydrogen-bond acceptors (Lipinski definition) is 3. The fraction of sp³-hybridized carbons (Fsp3) is 0.308. The van der Waals surface area contributed by atoms with Gasteiger partial charge < -0.3 is 10.1 Å². The van der Waals surface area contributed by atoms with Crippen molar-refractivity contribution in [2.45, 2.75) is 18.9 Å². The van der Waals surface area contributed by atoms with Crippen LogP contribution in [-0.2, 0) is 0 Å². The Morgan fingerprint density at radius 3 is 2.94 bits per heavy atom. The number of carbonyl (C=O) groups is 1. The minimum atomic E-state index is -0.355. The minimum absolute atomic E-state index is 0.171. The van der Waals surface area contributed by atoms with Crippen LogP contribution >= 0.6 is 11.3 Å². The highest BCUT2D eigenvalue weighted by Crippen LogP contribution is 2.39. The molecule has 0 aliphatic heterocycles. The second-order valence-electron chi connectivity index (χ2n) is 4.33. The van der Waals surface area contributed by atoms with Gasteiger partial charge in [0.15, 0.2) is 5.75 Å². The molecule has 1 fully saturated rings. The van der Waals surface area contributed by atoms with Gasteiger partial charge in [0.2, 0.25) is 0 Å². The summed E-state index contributed by atoms with van der Waals surface area (Å²) >= 11 is 1.26. The fourth-order valence-corrected chi connectivity index (χ4v) is 2.99. The first kappa shape index (κ1) is 11.5. The number of halogens is 1. The number of nitrogens with one attached hydrogen (secondary N) is 1. The van der Waals surface area contributed by atoms with Crippen molar-refractivity contribution in [3.05, 3.63) is 28.9 Å². The van der Waals surface area contributed by atoms with Crippen LogP contribution in [0, 0.1) is 5.82 Å². The summed E-state index contributed by atoms with van der Waals surface area (Å²) in [7, 11) is 1.46. The molecule has 1 heterocycles. The van der Waals surface area contributed by atoms with E-state index in [1.165, 1.54) is 24.5 Å². The number of benzene rings is 1. The first-order valence-corrected chi connectivity index (χ1v) is 6.58. The summed E-state index contributed by atoms with van der Waals surface area (Å²) < 4.78 is 19.7. The molecular weight excluding hydrogens is 253 g/mol. The maximum atomic E-state index is 13.8. The number of amides is 1. The molecule has 0 spiro atoms. The Morgan fingerprint density at radius 1 is 1.50 bits per heavy atom. The van der Waals surface area contributed by atoms with Crippen molar-refractivity contribution in [1.29, 1.82) is 0 Å². The van der Waals surface area contributed by atoms with Crippen molar-refractivity contribution < 1.29 is 13.9 Å². The monoisotopic (exact) mass is 265 g/mol. The van der Waals surface area contributed by atoms with Gasteiger partial charge in [-0.1, -0.05) is 6.07 Å². The van der Waals surface area contributed by atoms with E-state index >= 15 is 0 Å². The van der Waals surface area contributed by atoms with Crippen LogP contribution in [-0.4, -0.2) is 19.1 Å². The SMILES string of the molecule is COc1c(C(=O)NC2CC2)sc2cccc(F)c12. The van der Waals surface area contributed by atoms with Crippen molar-refractivity contribution in [2.75, 3.05) is 7.11 Å². The molecule has 18 heavy (non-hydrogen) atoms. The van der Waals surface area contributed by atoms with Gasteiger partial charge in [-0.05, 0) is 25.0 Å². The summed E-state index contributed by atoms with van der Waals surface area (Å²) in [5, 5.41) is 3.29. The number of thiophene rings is 1. The number of hydrogen-bond donors (Lipinski definition) is 1. The van der Waals surface area contributed by atoms with Crippen molar-refractivity contribution in [1.82, 2.24) is 5.32 Å². The van der Waals surface area contributed by atoms with E-state index in [9.17, 15) is 9.18 Å². The molecule has 5 heteroatoms. The predicted molar refractivity (Wildman–Crippen MR) is 68.8 cm³/mol. The number of carbonyl (C=O) groups excluding carboxylic acids is 1. The average molecular weight is 265 g/mol. The zero-order chi connectivity index (χ0) is 12.7. The summed E-state index contributed by atoms with van der Waals surface area (Å²) in [5.74, 6) is -0.188. The largest absolute Gasteiger partial charge is 0.494 e. The summed E-state index contributed by atoms with van der Waals surface area (Å²) in [6.07, 6.45) is 2.04. The van der Waals surface area contributed by atoms with E-state index in [1.54, 1.807) is 12.1 Å². The van der Waals surface area contributed by atoms with Crippen LogP contribution in [0.15, 0.2) is 18.2 Å². The predicted octanol–water partition coefficient (Wildman–Crippen LogP) is 2.94. The second-order valence-corrected chi connectivity index (χ2v) is 5.38. The van der Waals surface area contributed by atoms with Crippen LogP contribution < -0.4 is 10.1 Å². The molecule has 3 nitrogen and oxygen atoms in total. The summed E-state index contributed by atoms with van der Waals surface area (Å²) in [6.45, 7) is 0. The van der Waals surface area contributed by atoms with Crippen LogP contribution in [0.25, 0.3) is 10.1 Å². The Hall–Kier alpha value is -1.62. The Morgan fingerprint density at radius 2 is 2.28 bits per heavy atom. The molecule has 1 aliphatic carbocycles. The lowest BCUT2D eigenvalue weighted by Crippen LogP contribution is -2.24. The van der Waals surface area contributed by atoms with Crippen molar-refractivity contribution in [2.24, 2.45) is 0 Å². The molecule has 1 amide bonds. The van der Waals surface area contributed by atoms with Gasteiger partial charge in [-0.3, -0.25) is 4.79 Å². The third-order valence-electron chi connectivity index (χ3n) is 2.94. The lowest BCUT2D eigenvalue weighted by atomic mass is 10.2. The number of methoxy groups -OCH3 is 1. The molecule has 0 unspecified atom stereocenters. The van der Waals surface area contributed by atoms with Gasteiger partial charge >= 0.3 is 0 Å². The zero-order valence-corrected chi connectivity index (χ0v) is 10.6. The maximum Gasteiger partial charge on any atom is 0.265 e. The summed E-state index contributed by atoms with van der Waals surface area (Å²) in [6, 6.07) is 5.08. The molecule has 94 valence electrons. The first-order chi connectivity index (χ1) is 8.70. The molecule has 1 aromatic carbocycles. The summed E-state index contributed by atoms with van der Waals surface area (Å²) in [4.78, 5) is 12.5.